The molecular formula is C20H30N6O. The van der Waals surface area contributed by atoms with Crippen molar-refractivity contribution in [3.05, 3.63) is 42.5 Å². The van der Waals surface area contributed by atoms with Gasteiger partial charge in [0.1, 0.15) is 6.29 Å². The van der Waals surface area contributed by atoms with Crippen molar-refractivity contribution in [2.45, 2.75) is 25.3 Å². The summed E-state index contributed by atoms with van der Waals surface area (Å²) in [7, 11) is 4.16. The smallest absolute Gasteiger partial charge is 0.310 e. The number of rotatable bonds is 7. The maximum absolute atomic E-state index is 12.3. The molecule has 0 aliphatic carbocycles. The van der Waals surface area contributed by atoms with Crippen molar-refractivity contribution in [2.75, 3.05) is 39.0 Å². The highest BCUT2D eigenvalue weighted by molar-refractivity contribution is 5.93. The van der Waals surface area contributed by atoms with Crippen LogP contribution < -0.4 is 26.6 Å². The molecule has 0 aromatic heterocycles. The van der Waals surface area contributed by atoms with E-state index in [0.29, 0.717) is 0 Å². The Bertz CT molecular complexity index is 750. The van der Waals surface area contributed by atoms with E-state index >= 15 is 0 Å². The summed E-state index contributed by atoms with van der Waals surface area (Å²) in [5.74, 6) is 0. The van der Waals surface area contributed by atoms with Gasteiger partial charge in [-0.05, 0) is 62.9 Å². The molecule has 3 rings (SSSR count). The first-order chi connectivity index (χ1) is 13.1. The van der Waals surface area contributed by atoms with Gasteiger partial charge in [-0.15, -0.1) is 0 Å². The summed E-state index contributed by atoms with van der Waals surface area (Å²) in [6.07, 6.45) is 2.01. The Hall–Kier alpha value is -2.19. The van der Waals surface area contributed by atoms with Crippen molar-refractivity contribution in [3.8, 4) is 0 Å². The van der Waals surface area contributed by atoms with Gasteiger partial charge in [0, 0.05) is 12.2 Å². The zero-order valence-corrected chi connectivity index (χ0v) is 16.1. The molecule has 2 aromatic carbocycles. The lowest BCUT2D eigenvalue weighted by molar-refractivity contribution is 0.216. The predicted octanol–water partition coefficient (Wildman–Crippen LogP) is 1.70. The Morgan fingerprint density at radius 1 is 1.19 bits per heavy atom. The molecule has 2 amide bonds. The molecule has 2 unspecified atom stereocenters. The van der Waals surface area contributed by atoms with Crippen molar-refractivity contribution in [1.82, 2.24) is 26.2 Å². The Morgan fingerprint density at radius 2 is 2.00 bits per heavy atom. The van der Waals surface area contributed by atoms with Gasteiger partial charge in [0.25, 0.3) is 0 Å². The predicted molar refractivity (Wildman–Crippen MR) is 111 cm³/mol. The van der Waals surface area contributed by atoms with Crippen LogP contribution in [0.1, 0.15) is 12.8 Å². The fourth-order valence-corrected chi connectivity index (χ4v) is 3.21. The number of urea groups is 1. The zero-order chi connectivity index (χ0) is 19.1. The fraction of sp³-hybridized carbons (Fsp3) is 0.450. The Morgan fingerprint density at radius 3 is 2.81 bits per heavy atom. The molecule has 0 spiro atoms. The number of amides is 2. The van der Waals surface area contributed by atoms with Gasteiger partial charge >= 0.3 is 6.03 Å². The molecule has 7 heteroatoms. The standard InChI is InChI=1S/C20H30N6O/c1-26(2)13-5-11-21-18-10-12-22-19(24-18)25-20(27)23-17-9-8-15-6-3-4-7-16(15)14-17/h3-4,6-9,14,18-19,21-22,24H,5,10-13H2,1-2H3,(H2,23,25,27). The van der Waals surface area contributed by atoms with Crippen LogP contribution in [-0.4, -0.2) is 57.1 Å². The van der Waals surface area contributed by atoms with Crippen molar-refractivity contribution in [1.29, 1.82) is 0 Å². The molecule has 0 saturated carbocycles. The fourth-order valence-electron chi connectivity index (χ4n) is 3.21. The monoisotopic (exact) mass is 370 g/mol. The van der Waals surface area contributed by atoms with Gasteiger partial charge in [-0.3, -0.25) is 10.6 Å². The second-order valence-electron chi connectivity index (χ2n) is 7.17. The minimum absolute atomic E-state index is 0.194. The van der Waals surface area contributed by atoms with Crippen LogP contribution in [0, 0.1) is 0 Å². The van der Waals surface area contributed by atoms with Crippen LogP contribution in [0.5, 0.6) is 0 Å². The first kappa shape index (κ1) is 19.6. The Kier molecular flexibility index (Phi) is 7.00. The number of hydrogen-bond donors (Lipinski definition) is 5. The molecule has 1 fully saturated rings. The highest BCUT2D eigenvalue weighted by atomic mass is 16.2. The van der Waals surface area contributed by atoms with E-state index in [0.717, 1.165) is 48.9 Å². The summed E-state index contributed by atoms with van der Waals surface area (Å²) in [5.41, 5.74) is 0.778. The molecule has 1 heterocycles. The maximum Gasteiger partial charge on any atom is 0.321 e. The van der Waals surface area contributed by atoms with E-state index in [1.54, 1.807) is 0 Å². The molecule has 1 saturated heterocycles. The normalized spacial score (nSPS) is 20.0. The summed E-state index contributed by atoms with van der Waals surface area (Å²) >= 11 is 0. The van der Waals surface area contributed by atoms with Gasteiger partial charge < -0.3 is 20.9 Å². The van der Waals surface area contributed by atoms with E-state index in [-0.39, 0.29) is 18.5 Å². The average molecular weight is 371 g/mol. The van der Waals surface area contributed by atoms with Gasteiger partial charge in [0.05, 0.1) is 6.17 Å². The Labute approximate surface area is 160 Å². The summed E-state index contributed by atoms with van der Waals surface area (Å²) in [6.45, 7) is 2.86. The van der Waals surface area contributed by atoms with Crippen LogP contribution in [0.3, 0.4) is 0 Å². The number of benzene rings is 2. The molecule has 7 nitrogen and oxygen atoms in total. The molecular weight excluding hydrogens is 340 g/mol. The quantitative estimate of drug-likeness (QED) is 0.480. The topological polar surface area (TPSA) is 80.5 Å². The summed E-state index contributed by atoms with van der Waals surface area (Å²) in [5, 5.41) is 18.2. The van der Waals surface area contributed by atoms with Crippen LogP contribution in [0.25, 0.3) is 10.8 Å². The largest absolute Gasteiger partial charge is 0.321 e. The molecule has 2 atom stereocenters. The second-order valence-corrected chi connectivity index (χ2v) is 7.17. The second kappa shape index (κ2) is 9.66. The number of carbonyl (C=O) groups excluding carboxylic acids is 1. The highest BCUT2D eigenvalue weighted by Gasteiger charge is 2.21. The average Bonchev–Trinajstić information content (AvgIpc) is 2.65. The SMILES string of the molecule is CN(C)CCCNC1CCNC(NC(=O)Nc2ccc3ccccc3c2)N1. The van der Waals surface area contributed by atoms with Gasteiger partial charge in [0.15, 0.2) is 0 Å². The van der Waals surface area contributed by atoms with Crippen LogP contribution in [0.2, 0.25) is 0 Å². The number of anilines is 1. The molecule has 1 aliphatic rings. The zero-order valence-electron chi connectivity index (χ0n) is 16.1. The molecule has 2 aromatic rings. The van der Waals surface area contributed by atoms with Crippen molar-refractivity contribution in [2.24, 2.45) is 0 Å². The first-order valence-corrected chi connectivity index (χ1v) is 9.54. The van der Waals surface area contributed by atoms with E-state index in [4.69, 9.17) is 0 Å². The summed E-state index contributed by atoms with van der Waals surface area (Å²) < 4.78 is 0. The molecule has 146 valence electrons. The van der Waals surface area contributed by atoms with E-state index in [1.165, 1.54) is 0 Å². The minimum Gasteiger partial charge on any atom is -0.310 e. The lowest BCUT2D eigenvalue weighted by Crippen LogP contribution is -2.65. The van der Waals surface area contributed by atoms with Crippen LogP contribution in [0.15, 0.2) is 42.5 Å². The first-order valence-electron chi connectivity index (χ1n) is 9.54. The van der Waals surface area contributed by atoms with Crippen molar-refractivity contribution in [3.63, 3.8) is 0 Å². The highest BCUT2D eigenvalue weighted by Crippen LogP contribution is 2.18. The molecule has 0 radical (unpaired) electrons. The third-order valence-corrected chi connectivity index (χ3v) is 4.60. The Balaban J connectivity index is 1.45. The lowest BCUT2D eigenvalue weighted by Gasteiger charge is -2.33. The minimum atomic E-state index is -0.259. The number of fused-ring (bicyclic) bond motifs is 1. The van der Waals surface area contributed by atoms with E-state index < -0.39 is 0 Å². The maximum atomic E-state index is 12.3. The van der Waals surface area contributed by atoms with Crippen LogP contribution >= 0.6 is 0 Å². The van der Waals surface area contributed by atoms with E-state index in [9.17, 15) is 4.79 Å². The molecule has 5 N–H and O–H groups in total. The third kappa shape index (κ3) is 6.18. The van der Waals surface area contributed by atoms with E-state index in [2.05, 4.69) is 51.6 Å². The number of nitrogens with zero attached hydrogens (tertiary/aromatic N) is 1. The summed E-state index contributed by atoms with van der Waals surface area (Å²) in [6, 6.07) is 13.8. The number of nitrogens with one attached hydrogen (secondary N) is 5. The molecule has 1 aliphatic heterocycles. The molecule has 0 bridgehead atoms. The van der Waals surface area contributed by atoms with E-state index in [1.807, 2.05) is 36.4 Å². The van der Waals surface area contributed by atoms with Crippen molar-refractivity contribution >= 4 is 22.5 Å². The van der Waals surface area contributed by atoms with Crippen molar-refractivity contribution < 1.29 is 4.79 Å². The van der Waals surface area contributed by atoms with Gasteiger partial charge in [-0.1, -0.05) is 30.3 Å². The lowest BCUT2D eigenvalue weighted by atomic mass is 10.1. The van der Waals surface area contributed by atoms with Crippen LogP contribution in [0.4, 0.5) is 10.5 Å². The third-order valence-electron chi connectivity index (χ3n) is 4.60. The number of carbonyl (C=O) groups is 1. The van der Waals surface area contributed by atoms with Gasteiger partial charge in [0.2, 0.25) is 0 Å². The van der Waals surface area contributed by atoms with Gasteiger partial charge in [-0.25, -0.2) is 4.79 Å². The summed E-state index contributed by atoms with van der Waals surface area (Å²) in [4.78, 5) is 14.5. The van der Waals surface area contributed by atoms with Gasteiger partial charge in [-0.2, -0.15) is 0 Å². The molecule has 27 heavy (non-hydrogen) atoms. The number of hydrogen-bond acceptors (Lipinski definition) is 5. The van der Waals surface area contributed by atoms with Crippen LogP contribution in [-0.2, 0) is 0 Å².